The molecule has 4 nitrogen and oxygen atoms in total. The third-order valence-electron chi connectivity index (χ3n) is 2.45. The van der Waals surface area contributed by atoms with E-state index < -0.39 is 26.6 Å². The van der Waals surface area contributed by atoms with E-state index in [1.165, 1.54) is 18.2 Å². The topological polar surface area (TPSA) is 72.2 Å². The van der Waals surface area contributed by atoms with Crippen molar-refractivity contribution in [1.82, 2.24) is 0 Å². The normalized spacial score (nSPS) is 11.3. The predicted octanol–water partition coefficient (Wildman–Crippen LogP) is 3.00. The van der Waals surface area contributed by atoms with Crippen LogP contribution in [0, 0.1) is 11.6 Å². The highest BCUT2D eigenvalue weighted by molar-refractivity contribution is 7.92. The van der Waals surface area contributed by atoms with Gasteiger partial charge in [-0.25, -0.2) is 17.2 Å². The molecule has 8 heteroatoms. The number of rotatable bonds is 3. The van der Waals surface area contributed by atoms with Gasteiger partial charge < -0.3 is 5.73 Å². The van der Waals surface area contributed by atoms with Crippen LogP contribution in [-0.2, 0) is 10.0 Å². The SMILES string of the molecule is Nc1cc(NS(=O)(=O)c2cccc(Cl)c2F)ccc1F. The van der Waals surface area contributed by atoms with Gasteiger partial charge in [-0.1, -0.05) is 17.7 Å². The first-order chi connectivity index (χ1) is 9.31. The molecule has 0 aliphatic heterocycles. The number of benzene rings is 2. The summed E-state index contributed by atoms with van der Waals surface area (Å²) in [7, 11) is -4.18. The lowest BCUT2D eigenvalue weighted by molar-refractivity contribution is 0.570. The number of sulfonamides is 1. The molecule has 0 bridgehead atoms. The first-order valence-corrected chi connectivity index (χ1v) is 7.19. The van der Waals surface area contributed by atoms with Gasteiger partial charge >= 0.3 is 0 Å². The molecule has 0 aliphatic carbocycles. The quantitative estimate of drug-likeness (QED) is 0.854. The molecule has 0 fully saturated rings. The molecule has 2 rings (SSSR count). The first-order valence-electron chi connectivity index (χ1n) is 5.33. The lowest BCUT2D eigenvalue weighted by atomic mass is 10.3. The molecular formula is C12H9ClF2N2O2S. The van der Waals surface area contributed by atoms with Crippen molar-refractivity contribution in [3.63, 3.8) is 0 Å². The number of hydrogen-bond acceptors (Lipinski definition) is 3. The minimum absolute atomic E-state index is 0.0169. The number of nitrogen functional groups attached to an aromatic ring is 1. The Labute approximate surface area is 119 Å². The average molecular weight is 319 g/mol. The average Bonchev–Trinajstić information content (AvgIpc) is 2.36. The summed E-state index contributed by atoms with van der Waals surface area (Å²) in [6, 6.07) is 6.86. The maximum atomic E-state index is 13.7. The second-order valence-corrected chi connectivity index (χ2v) is 5.95. The van der Waals surface area contributed by atoms with Gasteiger partial charge in [0.05, 0.1) is 16.4 Å². The molecule has 0 unspecified atom stereocenters. The Bertz CT molecular complexity index is 766. The number of nitrogens with two attached hydrogens (primary N) is 1. The number of halogens is 3. The number of nitrogens with one attached hydrogen (secondary N) is 1. The Hall–Kier alpha value is -1.86. The molecule has 0 aliphatic rings. The van der Waals surface area contributed by atoms with E-state index in [-0.39, 0.29) is 16.4 Å². The van der Waals surface area contributed by atoms with E-state index in [9.17, 15) is 17.2 Å². The van der Waals surface area contributed by atoms with Crippen LogP contribution in [0.5, 0.6) is 0 Å². The molecule has 0 amide bonds. The minimum atomic E-state index is -4.18. The van der Waals surface area contributed by atoms with Crippen molar-refractivity contribution >= 4 is 33.0 Å². The van der Waals surface area contributed by atoms with E-state index in [4.69, 9.17) is 17.3 Å². The number of hydrogen-bond donors (Lipinski definition) is 2. The lowest BCUT2D eigenvalue weighted by Crippen LogP contribution is -2.15. The molecule has 20 heavy (non-hydrogen) atoms. The van der Waals surface area contributed by atoms with Crippen molar-refractivity contribution in [2.24, 2.45) is 0 Å². The van der Waals surface area contributed by atoms with E-state index in [0.29, 0.717) is 0 Å². The second kappa shape index (κ2) is 5.26. The maximum absolute atomic E-state index is 13.7. The zero-order valence-corrected chi connectivity index (χ0v) is 11.5. The van der Waals surface area contributed by atoms with Crippen LogP contribution in [0.4, 0.5) is 20.2 Å². The molecule has 0 saturated heterocycles. The maximum Gasteiger partial charge on any atom is 0.264 e. The van der Waals surface area contributed by atoms with Crippen LogP contribution in [0.3, 0.4) is 0 Å². The van der Waals surface area contributed by atoms with Crippen molar-refractivity contribution in [2.45, 2.75) is 4.90 Å². The van der Waals surface area contributed by atoms with Gasteiger partial charge in [0, 0.05) is 0 Å². The van der Waals surface area contributed by atoms with Gasteiger partial charge in [0.25, 0.3) is 10.0 Å². The highest BCUT2D eigenvalue weighted by Gasteiger charge is 2.21. The largest absolute Gasteiger partial charge is 0.396 e. The van der Waals surface area contributed by atoms with Crippen LogP contribution in [-0.4, -0.2) is 8.42 Å². The second-order valence-electron chi connectivity index (χ2n) is 3.89. The first kappa shape index (κ1) is 14.5. The Morgan fingerprint density at radius 1 is 1.15 bits per heavy atom. The summed E-state index contributed by atoms with van der Waals surface area (Å²) in [5.41, 5.74) is 5.12. The van der Waals surface area contributed by atoms with Crippen molar-refractivity contribution in [1.29, 1.82) is 0 Å². The van der Waals surface area contributed by atoms with E-state index in [0.717, 1.165) is 18.2 Å². The van der Waals surface area contributed by atoms with Crippen LogP contribution in [0.15, 0.2) is 41.3 Å². The van der Waals surface area contributed by atoms with E-state index >= 15 is 0 Å². The zero-order valence-electron chi connectivity index (χ0n) is 9.90. The van der Waals surface area contributed by atoms with Gasteiger partial charge in [0.1, 0.15) is 10.7 Å². The summed E-state index contributed by atoms with van der Waals surface area (Å²) in [6.45, 7) is 0. The molecule has 0 heterocycles. The molecule has 0 saturated carbocycles. The monoisotopic (exact) mass is 318 g/mol. The standard InChI is InChI=1S/C12H9ClF2N2O2S/c13-8-2-1-3-11(12(8)15)20(18,19)17-7-4-5-9(14)10(16)6-7/h1-6,17H,16H2. The fourth-order valence-corrected chi connectivity index (χ4v) is 2.89. The van der Waals surface area contributed by atoms with Gasteiger partial charge in [-0.2, -0.15) is 0 Å². The molecule has 2 aromatic carbocycles. The smallest absolute Gasteiger partial charge is 0.264 e. The molecule has 0 spiro atoms. The van der Waals surface area contributed by atoms with Gasteiger partial charge in [-0.05, 0) is 30.3 Å². The third kappa shape index (κ3) is 2.83. The molecule has 0 radical (unpaired) electrons. The zero-order chi connectivity index (χ0) is 14.9. The highest BCUT2D eigenvalue weighted by atomic mass is 35.5. The Morgan fingerprint density at radius 2 is 1.85 bits per heavy atom. The van der Waals surface area contributed by atoms with Crippen molar-refractivity contribution in [2.75, 3.05) is 10.5 Å². The van der Waals surface area contributed by atoms with E-state index in [1.54, 1.807) is 0 Å². The van der Waals surface area contributed by atoms with Crippen LogP contribution < -0.4 is 10.5 Å². The van der Waals surface area contributed by atoms with Crippen molar-refractivity contribution < 1.29 is 17.2 Å². The summed E-state index contributed by atoms with van der Waals surface area (Å²) in [6.07, 6.45) is 0. The Balaban J connectivity index is 2.41. The van der Waals surface area contributed by atoms with Crippen molar-refractivity contribution in [3.05, 3.63) is 53.1 Å². The van der Waals surface area contributed by atoms with Gasteiger partial charge in [0.15, 0.2) is 5.82 Å². The molecule has 2 aromatic rings. The molecular weight excluding hydrogens is 310 g/mol. The molecule has 0 aromatic heterocycles. The van der Waals surface area contributed by atoms with Crippen LogP contribution in [0.25, 0.3) is 0 Å². The number of anilines is 2. The predicted molar refractivity (Wildman–Crippen MR) is 73.0 cm³/mol. The van der Waals surface area contributed by atoms with Crippen LogP contribution in [0.1, 0.15) is 0 Å². The lowest BCUT2D eigenvalue weighted by Gasteiger charge is -2.10. The molecule has 3 N–H and O–H groups in total. The fraction of sp³-hybridized carbons (Fsp3) is 0. The fourth-order valence-electron chi connectivity index (χ4n) is 1.51. The summed E-state index contributed by atoms with van der Waals surface area (Å²) < 4.78 is 52.9. The summed E-state index contributed by atoms with van der Waals surface area (Å²) >= 11 is 5.53. The van der Waals surface area contributed by atoms with Gasteiger partial charge in [-0.3, -0.25) is 4.72 Å². The van der Waals surface area contributed by atoms with E-state index in [1.807, 2.05) is 0 Å². The summed E-state index contributed by atoms with van der Waals surface area (Å²) in [5.74, 6) is -1.74. The summed E-state index contributed by atoms with van der Waals surface area (Å²) in [4.78, 5) is -0.604. The third-order valence-corrected chi connectivity index (χ3v) is 4.14. The van der Waals surface area contributed by atoms with Crippen LogP contribution >= 0.6 is 11.6 Å². The van der Waals surface area contributed by atoms with Gasteiger partial charge in [-0.15, -0.1) is 0 Å². The van der Waals surface area contributed by atoms with Gasteiger partial charge in [0.2, 0.25) is 0 Å². The summed E-state index contributed by atoms with van der Waals surface area (Å²) in [5, 5.41) is -0.313. The highest BCUT2D eigenvalue weighted by Crippen LogP contribution is 2.25. The Kier molecular flexibility index (Phi) is 3.82. The van der Waals surface area contributed by atoms with Crippen molar-refractivity contribution in [3.8, 4) is 0 Å². The Morgan fingerprint density at radius 3 is 2.50 bits per heavy atom. The molecule has 0 atom stereocenters. The van der Waals surface area contributed by atoms with E-state index in [2.05, 4.69) is 4.72 Å². The molecule has 106 valence electrons. The minimum Gasteiger partial charge on any atom is -0.396 e. The van der Waals surface area contributed by atoms with Crippen LogP contribution in [0.2, 0.25) is 5.02 Å².